The maximum Gasteiger partial charge on any atom is 0.417 e. The third-order valence-electron chi connectivity index (χ3n) is 5.52. The highest BCUT2D eigenvalue weighted by molar-refractivity contribution is 5.94. The average molecular weight is 446 g/mol. The summed E-state index contributed by atoms with van der Waals surface area (Å²) < 4.78 is 41.4. The lowest BCUT2D eigenvalue weighted by Gasteiger charge is -2.19. The van der Waals surface area contributed by atoms with Gasteiger partial charge in [0.1, 0.15) is 0 Å². The zero-order chi connectivity index (χ0) is 22.9. The minimum Gasteiger partial charge on any atom is -0.481 e. The summed E-state index contributed by atoms with van der Waals surface area (Å²) in [6, 6.07) is 9.57. The zero-order valence-electron chi connectivity index (χ0n) is 16.8. The number of halogens is 3. The molecule has 0 saturated carbocycles. The van der Waals surface area contributed by atoms with Crippen LogP contribution in [0.2, 0.25) is 0 Å². The molecule has 1 saturated heterocycles. The van der Waals surface area contributed by atoms with Gasteiger partial charge in [-0.05, 0) is 41.8 Å². The Labute approximate surface area is 181 Å². The van der Waals surface area contributed by atoms with Crippen LogP contribution >= 0.6 is 0 Å². The summed E-state index contributed by atoms with van der Waals surface area (Å²) in [7, 11) is 0. The molecule has 0 spiro atoms. The Morgan fingerprint density at radius 2 is 2.06 bits per heavy atom. The van der Waals surface area contributed by atoms with Crippen molar-refractivity contribution in [3.05, 3.63) is 59.2 Å². The van der Waals surface area contributed by atoms with Crippen molar-refractivity contribution in [2.45, 2.75) is 19.0 Å². The van der Waals surface area contributed by atoms with Crippen LogP contribution in [0.4, 0.5) is 13.2 Å². The second kappa shape index (κ2) is 8.66. The molecule has 0 aromatic heterocycles. The standard InChI is InChI=1S/C23H19F3NO5/c24-23(25,26)18-3-1-2-14(5-7-20(28)27-10-8-17(13-27)22(29)30)21(18)16-4-6-19-15(12-16)9-11-31-32-19/h1-2,4-7,12,17H,8-11,13H2,(H,29,30)/b7-5+. The first-order chi connectivity index (χ1) is 15.2. The number of amides is 1. The normalized spacial score (nSPS) is 18.5. The fourth-order valence-electron chi connectivity index (χ4n) is 3.88. The summed E-state index contributed by atoms with van der Waals surface area (Å²) in [4.78, 5) is 34.9. The van der Waals surface area contributed by atoms with Gasteiger partial charge in [-0.2, -0.15) is 18.1 Å². The summed E-state index contributed by atoms with van der Waals surface area (Å²) in [6.07, 6.45) is -1.31. The molecule has 2 heterocycles. The Hall–Kier alpha value is -3.33. The number of hydrogen-bond acceptors (Lipinski definition) is 4. The predicted octanol–water partition coefficient (Wildman–Crippen LogP) is 3.99. The molecule has 2 aromatic rings. The minimum atomic E-state index is -4.65. The van der Waals surface area contributed by atoms with Gasteiger partial charge in [-0.1, -0.05) is 18.2 Å². The predicted molar refractivity (Wildman–Crippen MR) is 107 cm³/mol. The summed E-state index contributed by atoms with van der Waals surface area (Å²) in [5.74, 6) is -1.60. The number of rotatable bonds is 4. The fourth-order valence-corrected chi connectivity index (χ4v) is 3.88. The molecule has 0 aliphatic carbocycles. The molecule has 1 N–H and O–H groups in total. The first kappa shape index (κ1) is 21.9. The molecule has 1 radical (unpaired) electrons. The molecule has 9 heteroatoms. The van der Waals surface area contributed by atoms with Crippen molar-refractivity contribution in [3.63, 3.8) is 0 Å². The largest absolute Gasteiger partial charge is 0.481 e. The Morgan fingerprint density at radius 3 is 2.78 bits per heavy atom. The molecule has 2 aromatic carbocycles. The van der Waals surface area contributed by atoms with Gasteiger partial charge in [0.25, 0.3) is 0 Å². The number of hydrogen-bond donors (Lipinski definition) is 1. The Kier molecular flexibility index (Phi) is 5.92. The Morgan fingerprint density at radius 1 is 1.25 bits per heavy atom. The van der Waals surface area contributed by atoms with Crippen LogP contribution in [0.1, 0.15) is 23.1 Å². The first-order valence-corrected chi connectivity index (χ1v) is 9.98. The number of nitrogens with zero attached hydrogens (tertiary/aromatic N) is 1. The van der Waals surface area contributed by atoms with E-state index in [0.29, 0.717) is 29.7 Å². The summed E-state index contributed by atoms with van der Waals surface area (Å²) in [6.45, 7) is 0.656. The number of carbonyl (C=O) groups is 2. The molecular formula is C23H19F3NO5. The van der Waals surface area contributed by atoms with Crippen molar-refractivity contribution in [1.82, 2.24) is 4.90 Å². The molecule has 32 heavy (non-hydrogen) atoms. The fraction of sp³-hybridized carbons (Fsp3) is 0.304. The number of likely N-dealkylation sites (tertiary alicyclic amines) is 1. The lowest BCUT2D eigenvalue weighted by Crippen LogP contribution is -2.28. The molecule has 6 nitrogen and oxygen atoms in total. The van der Waals surface area contributed by atoms with Crippen LogP contribution in [-0.4, -0.2) is 41.6 Å². The number of carboxylic acids is 1. The van der Waals surface area contributed by atoms with E-state index in [1.165, 1.54) is 35.3 Å². The highest BCUT2D eigenvalue weighted by Gasteiger charge is 2.35. The molecule has 0 bridgehead atoms. The van der Waals surface area contributed by atoms with Gasteiger partial charge in [0.15, 0.2) is 5.75 Å². The Bertz CT molecular complexity index is 1080. The topological polar surface area (TPSA) is 76.1 Å². The van der Waals surface area contributed by atoms with Crippen molar-refractivity contribution in [2.75, 3.05) is 19.7 Å². The van der Waals surface area contributed by atoms with E-state index in [1.54, 1.807) is 12.1 Å². The lowest BCUT2D eigenvalue weighted by atomic mass is 9.92. The van der Waals surface area contributed by atoms with Gasteiger partial charge in [0.2, 0.25) is 5.91 Å². The average Bonchev–Trinajstić information content (AvgIpc) is 3.27. The van der Waals surface area contributed by atoms with E-state index in [0.717, 1.165) is 0 Å². The molecule has 2 aliphatic rings. The molecule has 1 fully saturated rings. The number of carboxylic acid groups (broad SMARTS) is 1. The van der Waals surface area contributed by atoms with Crippen LogP contribution in [0.15, 0.2) is 36.4 Å². The maximum absolute atomic E-state index is 13.8. The van der Waals surface area contributed by atoms with Gasteiger partial charge in [-0.3, -0.25) is 9.59 Å². The highest BCUT2D eigenvalue weighted by Crippen LogP contribution is 2.40. The lowest BCUT2D eigenvalue weighted by molar-refractivity contribution is -0.215. The van der Waals surface area contributed by atoms with Gasteiger partial charge in [0.05, 0.1) is 18.1 Å². The summed E-state index contributed by atoms with van der Waals surface area (Å²) in [5, 5.41) is 9.09. The summed E-state index contributed by atoms with van der Waals surface area (Å²) >= 11 is 0. The molecule has 1 unspecified atom stereocenters. The number of aliphatic carboxylic acids is 1. The van der Waals surface area contributed by atoms with Crippen LogP contribution in [0.3, 0.4) is 0 Å². The van der Waals surface area contributed by atoms with E-state index in [-0.39, 0.29) is 30.8 Å². The maximum atomic E-state index is 13.8. The quantitative estimate of drug-likeness (QED) is 0.568. The second-order valence-corrected chi connectivity index (χ2v) is 7.60. The van der Waals surface area contributed by atoms with E-state index in [9.17, 15) is 22.8 Å². The van der Waals surface area contributed by atoms with Gasteiger partial charge in [-0.25, -0.2) is 0 Å². The van der Waals surface area contributed by atoms with Crippen molar-refractivity contribution in [3.8, 4) is 16.9 Å². The van der Waals surface area contributed by atoms with Gasteiger partial charge in [-0.15, -0.1) is 0 Å². The third-order valence-corrected chi connectivity index (χ3v) is 5.52. The van der Waals surface area contributed by atoms with E-state index in [4.69, 9.17) is 14.9 Å². The van der Waals surface area contributed by atoms with Crippen LogP contribution in [0.5, 0.6) is 5.75 Å². The highest BCUT2D eigenvalue weighted by atomic mass is 19.4. The SMILES string of the molecule is O=C(O)C1CCN(C(=O)/C=C/c2cc[c]c(C(F)(F)F)c2-c2ccc3c(c2)CCOO3)C1. The van der Waals surface area contributed by atoms with Crippen molar-refractivity contribution in [1.29, 1.82) is 0 Å². The van der Waals surface area contributed by atoms with E-state index in [1.807, 2.05) is 0 Å². The number of carbonyl (C=O) groups excluding carboxylic acids is 1. The van der Waals surface area contributed by atoms with Gasteiger partial charge < -0.3 is 14.9 Å². The van der Waals surface area contributed by atoms with Gasteiger partial charge in [0, 0.05) is 36.7 Å². The molecule has 1 amide bonds. The van der Waals surface area contributed by atoms with Crippen molar-refractivity contribution < 1.29 is 37.6 Å². The van der Waals surface area contributed by atoms with Gasteiger partial charge >= 0.3 is 12.1 Å². The number of alkyl halides is 3. The first-order valence-electron chi connectivity index (χ1n) is 9.98. The third kappa shape index (κ3) is 4.47. The molecular weight excluding hydrogens is 427 g/mol. The molecule has 167 valence electrons. The van der Waals surface area contributed by atoms with Crippen molar-refractivity contribution >= 4 is 18.0 Å². The van der Waals surface area contributed by atoms with E-state index >= 15 is 0 Å². The van der Waals surface area contributed by atoms with Crippen LogP contribution < -0.4 is 4.89 Å². The Balaban J connectivity index is 1.69. The molecule has 1 atom stereocenters. The monoisotopic (exact) mass is 446 g/mol. The van der Waals surface area contributed by atoms with Crippen LogP contribution in [0, 0.1) is 12.0 Å². The van der Waals surface area contributed by atoms with Crippen LogP contribution in [0.25, 0.3) is 17.2 Å². The molecule has 4 rings (SSSR count). The minimum absolute atomic E-state index is 0.0780. The zero-order valence-corrected chi connectivity index (χ0v) is 16.8. The number of benzene rings is 2. The second-order valence-electron chi connectivity index (χ2n) is 7.60. The van der Waals surface area contributed by atoms with E-state index in [2.05, 4.69) is 6.07 Å². The van der Waals surface area contributed by atoms with Crippen LogP contribution in [-0.2, 0) is 27.1 Å². The summed E-state index contributed by atoms with van der Waals surface area (Å²) in [5.41, 5.74) is 0.202. The van der Waals surface area contributed by atoms with Crippen molar-refractivity contribution in [2.24, 2.45) is 5.92 Å². The van der Waals surface area contributed by atoms with E-state index < -0.39 is 29.5 Å². The molecule has 2 aliphatic heterocycles. The number of fused-ring (bicyclic) bond motifs is 1. The smallest absolute Gasteiger partial charge is 0.417 e.